The highest BCUT2D eigenvalue weighted by molar-refractivity contribution is 5.81. The SMILES string of the molecule is C=Cc1ccc2[nH]ccc2c1.CC(C)(C)OC=O. The number of hydrogen-bond acceptors (Lipinski definition) is 2. The Morgan fingerprint density at radius 2 is 2.00 bits per heavy atom. The highest BCUT2D eigenvalue weighted by Gasteiger charge is 2.07. The Labute approximate surface area is 107 Å². The quantitative estimate of drug-likeness (QED) is 0.818. The van der Waals surface area contributed by atoms with Crippen molar-refractivity contribution in [1.29, 1.82) is 0 Å². The summed E-state index contributed by atoms with van der Waals surface area (Å²) in [6.07, 6.45) is 3.80. The first-order valence-electron chi connectivity index (χ1n) is 5.77. The summed E-state index contributed by atoms with van der Waals surface area (Å²) in [4.78, 5) is 12.7. The molecular weight excluding hydrogens is 226 g/mol. The molecular formula is C15H19NO2. The lowest BCUT2D eigenvalue weighted by Crippen LogP contribution is -2.17. The minimum atomic E-state index is -0.318. The van der Waals surface area contributed by atoms with Crippen molar-refractivity contribution in [3.63, 3.8) is 0 Å². The highest BCUT2D eigenvalue weighted by Crippen LogP contribution is 2.14. The molecule has 1 N–H and O–H groups in total. The fourth-order valence-electron chi connectivity index (χ4n) is 1.34. The van der Waals surface area contributed by atoms with Gasteiger partial charge >= 0.3 is 0 Å². The first-order valence-corrected chi connectivity index (χ1v) is 5.77. The Hall–Kier alpha value is -2.03. The van der Waals surface area contributed by atoms with Crippen LogP contribution in [0.2, 0.25) is 0 Å². The second-order valence-electron chi connectivity index (χ2n) is 4.85. The highest BCUT2D eigenvalue weighted by atomic mass is 16.5. The van der Waals surface area contributed by atoms with Crippen molar-refractivity contribution in [2.24, 2.45) is 0 Å². The van der Waals surface area contributed by atoms with Crippen molar-refractivity contribution in [1.82, 2.24) is 4.98 Å². The Kier molecular flexibility index (Phi) is 4.72. The average Bonchev–Trinajstić information content (AvgIpc) is 2.74. The summed E-state index contributed by atoms with van der Waals surface area (Å²) in [6, 6.07) is 8.28. The topological polar surface area (TPSA) is 42.1 Å². The summed E-state index contributed by atoms with van der Waals surface area (Å²) < 4.78 is 4.55. The van der Waals surface area contributed by atoms with Gasteiger partial charge < -0.3 is 9.72 Å². The van der Waals surface area contributed by atoms with Gasteiger partial charge in [-0.3, -0.25) is 4.79 Å². The fourth-order valence-corrected chi connectivity index (χ4v) is 1.34. The second-order valence-corrected chi connectivity index (χ2v) is 4.85. The third kappa shape index (κ3) is 4.45. The van der Waals surface area contributed by atoms with Crippen LogP contribution in [0.1, 0.15) is 26.3 Å². The minimum absolute atomic E-state index is 0.318. The smallest absolute Gasteiger partial charge is 0.293 e. The van der Waals surface area contributed by atoms with E-state index in [1.54, 1.807) is 0 Å². The van der Waals surface area contributed by atoms with Gasteiger partial charge in [-0.15, -0.1) is 0 Å². The molecule has 2 aromatic rings. The normalized spacial score (nSPS) is 10.4. The van der Waals surface area contributed by atoms with Crippen LogP contribution in [-0.4, -0.2) is 17.1 Å². The van der Waals surface area contributed by atoms with Crippen molar-refractivity contribution in [2.45, 2.75) is 26.4 Å². The standard InChI is InChI=1S/C10H9N.C5H10O2/c1-2-8-3-4-10-9(7-8)5-6-11-10;1-5(2,3)7-4-6/h2-7,11H,1H2;4H,1-3H3. The average molecular weight is 245 g/mol. The molecule has 96 valence electrons. The van der Waals surface area contributed by atoms with Crippen LogP contribution in [0.15, 0.2) is 37.0 Å². The first kappa shape index (κ1) is 14.0. The maximum Gasteiger partial charge on any atom is 0.293 e. The second kappa shape index (κ2) is 6.05. The molecule has 1 heterocycles. The van der Waals surface area contributed by atoms with E-state index in [2.05, 4.69) is 34.5 Å². The zero-order valence-corrected chi connectivity index (χ0v) is 11.1. The molecule has 0 aliphatic rings. The van der Waals surface area contributed by atoms with Gasteiger partial charge in [-0.2, -0.15) is 0 Å². The molecule has 18 heavy (non-hydrogen) atoms. The maximum atomic E-state index is 9.60. The van der Waals surface area contributed by atoms with E-state index in [4.69, 9.17) is 0 Å². The van der Waals surface area contributed by atoms with Crippen LogP contribution < -0.4 is 0 Å². The number of aromatic nitrogens is 1. The van der Waals surface area contributed by atoms with E-state index in [-0.39, 0.29) is 5.60 Å². The first-order chi connectivity index (χ1) is 8.46. The summed E-state index contributed by atoms with van der Waals surface area (Å²) in [6.45, 7) is 9.63. The summed E-state index contributed by atoms with van der Waals surface area (Å²) in [5.74, 6) is 0. The molecule has 0 amide bonds. The number of benzene rings is 1. The lowest BCUT2D eigenvalue weighted by molar-refractivity contribution is -0.138. The molecule has 0 radical (unpaired) electrons. The van der Waals surface area contributed by atoms with Gasteiger partial charge in [-0.25, -0.2) is 0 Å². The van der Waals surface area contributed by atoms with E-state index in [0.29, 0.717) is 6.47 Å². The maximum absolute atomic E-state index is 9.60. The van der Waals surface area contributed by atoms with Crippen LogP contribution in [0, 0.1) is 0 Å². The predicted molar refractivity (Wildman–Crippen MR) is 75.3 cm³/mol. The fraction of sp³-hybridized carbons (Fsp3) is 0.267. The number of hydrogen-bond donors (Lipinski definition) is 1. The van der Waals surface area contributed by atoms with Crippen molar-refractivity contribution in [3.8, 4) is 0 Å². The van der Waals surface area contributed by atoms with Gasteiger partial charge in [-0.1, -0.05) is 18.7 Å². The van der Waals surface area contributed by atoms with Crippen LogP contribution in [0.25, 0.3) is 17.0 Å². The molecule has 0 saturated carbocycles. The molecule has 0 aliphatic heterocycles. The molecule has 1 aromatic heterocycles. The number of carbonyl (C=O) groups is 1. The van der Waals surface area contributed by atoms with Crippen molar-refractivity contribution < 1.29 is 9.53 Å². The molecule has 1 aromatic carbocycles. The summed E-state index contributed by atoms with van der Waals surface area (Å²) in [5, 5.41) is 1.24. The van der Waals surface area contributed by atoms with E-state index >= 15 is 0 Å². The molecule has 0 aliphatic carbocycles. The molecule has 0 atom stereocenters. The van der Waals surface area contributed by atoms with E-state index in [9.17, 15) is 4.79 Å². The predicted octanol–water partition coefficient (Wildman–Crippen LogP) is 3.77. The number of H-pyrrole nitrogens is 1. The van der Waals surface area contributed by atoms with Gasteiger partial charge in [0, 0.05) is 11.7 Å². The molecule has 0 unspecified atom stereocenters. The lowest BCUT2D eigenvalue weighted by Gasteiger charge is -2.14. The molecule has 3 nitrogen and oxygen atoms in total. The molecule has 3 heteroatoms. The molecule has 2 rings (SSSR count). The molecule has 0 spiro atoms. The third-order valence-electron chi connectivity index (χ3n) is 2.21. The number of ether oxygens (including phenoxy) is 1. The van der Waals surface area contributed by atoms with Crippen LogP contribution in [0.4, 0.5) is 0 Å². The van der Waals surface area contributed by atoms with Gasteiger partial charge in [0.25, 0.3) is 6.47 Å². The minimum Gasteiger partial charge on any atom is -0.462 e. The van der Waals surface area contributed by atoms with Crippen molar-refractivity contribution >= 4 is 23.5 Å². The molecule has 0 bridgehead atoms. The Bertz CT molecular complexity index is 521. The van der Waals surface area contributed by atoms with E-state index in [1.807, 2.05) is 39.1 Å². The van der Waals surface area contributed by atoms with Crippen molar-refractivity contribution in [2.75, 3.05) is 0 Å². The van der Waals surface area contributed by atoms with Gasteiger partial charge in [0.2, 0.25) is 0 Å². The summed E-state index contributed by atoms with van der Waals surface area (Å²) >= 11 is 0. The van der Waals surface area contributed by atoms with Gasteiger partial charge in [-0.05, 0) is 49.9 Å². The largest absolute Gasteiger partial charge is 0.462 e. The number of carbonyl (C=O) groups excluding carboxylic acids is 1. The number of rotatable bonds is 2. The van der Waals surface area contributed by atoms with E-state index < -0.39 is 0 Å². The summed E-state index contributed by atoms with van der Waals surface area (Å²) in [7, 11) is 0. The van der Waals surface area contributed by atoms with Crippen LogP contribution in [-0.2, 0) is 9.53 Å². The number of aromatic amines is 1. The van der Waals surface area contributed by atoms with Gasteiger partial charge in [0.1, 0.15) is 5.60 Å². The zero-order chi connectivity index (χ0) is 13.6. The van der Waals surface area contributed by atoms with Crippen LogP contribution >= 0.6 is 0 Å². The Balaban J connectivity index is 0.000000203. The molecule has 0 fully saturated rings. The third-order valence-corrected chi connectivity index (χ3v) is 2.21. The van der Waals surface area contributed by atoms with Gasteiger partial charge in [0.05, 0.1) is 0 Å². The monoisotopic (exact) mass is 245 g/mol. The summed E-state index contributed by atoms with van der Waals surface area (Å²) in [5.41, 5.74) is 2.02. The van der Waals surface area contributed by atoms with E-state index in [0.717, 1.165) is 5.56 Å². The van der Waals surface area contributed by atoms with Gasteiger partial charge in [0.15, 0.2) is 0 Å². The lowest BCUT2D eigenvalue weighted by atomic mass is 10.1. The van der Waals surface area contributed by atoms with E-state index in [1.165, 1.54) is 10.9 Å². The number of nitrogens with one attached hydrogen (secondary N) is 1. The van der Waals surface area contributed by atoms with Crippen LogP contribution in [0.5, 0.6) is 0 Å². The Morgan fingerprint density at radius 3 is 2.50 bits per heavy atom. The van der Waals surface area contributed by atoms with Crippen molar-refractivity contribution in [3.05, 3.63) is 42.6 Å². The van der Waals surface area contributed by atoms with Crippen LogP contribution in [0.3, 0.4) is 0 Å². The zero-order valence-electron chi connectivity index (χ0n) is 11.1. The number of fused-ring (bicyclic) bond motifs is 1. The molecule has 0 saturated heterocycles. The Morgan fingerprint density at radius 1 is 1.28 bits per heavy atom.